The fourth-order valence-corrected chi connectivity index (χ4v) is 2.59. The van der Waals surface area contributed by atoms with Crippen LogP contribution in [0.5, 0.6) is 0 Å². The fraction of sp³-hybridized carbons (Fsp3) is 0.438. The number of ether oxygens (including phenoxy) is 1. The number of hydrogen-bond donors (Lipinski definition) is 2. The van der Waals surface area contributed by atoms with Crippen LogP contribution >= 0.6 is 0 Å². The molecule has 3 rings (SSSR count). The zero-order valence-electron chi connectivity index (χ0n) is 12.6. The molecule has 0 unspecified atom stereocenters. The number of aryl methyl sites for hydroxylation is 1. The minimum atomic E-state index is -0.0873. The number of H-pyrrole nitrogens is 1. The number of aromatic nitrogens is 3. The van der Waals surface area contributed by atoms with Crippen LogP contribution in [0.4, 0.5) is 5.82 Å². The van der Waals surface area contributed by atoms with Gasteiger partial charge in [-0.2, -0.15) is 5.10 Å². The Bertz CT molecular complexity index is 630. The Kier molecular flexibility index (Phi) is 4.48. The number of hydrogen-bond acceptors (Lipinski definition) is 4. The van der Waals surface area contributed by atoms with Gasteiger partial charge in [-0.05, 0) is 31.4 Å². The molecule has 22 heavy (non-hydrogen) atoms. The Balaban J connectivity index is 1.57. The van der Waals surface area contributed by atoms with E-state index in [1.807, 2.05) is 25.1 Å². The first-order valence-electron chi connectivity index (χ1n) is 7.55. The summed E-state index contributed by atoms with van der Waals surface area (Å²) in [6.07, 6.45) is 4.01. The summed E-state index contributed by atoms with van der Waals surface area (Å²) in [7, 11) is 0. The molecule has 0 radical (unpaired) electrons. The van der Waals surface area contributed by atoms with E-state index in [9.17, 15) is 4.79 Å². The van der Waals surface area contributed by atoms with Crippen molar-refractivity contribution in [3.8, 4) is 0 Å². The van der Waals surface area contributed by atoms with Gasteiger partial charge in [0.15, 0.2) is 5.82 Å². The fourth-order valence-electron chi connectivity index (χ4n) is 2.59. The summed E-state index contributed by atoms with van der Waals surface area (Å²) in [6.45, 7) is 3.49. The molecule has 0 aromatic carbocycles. The van der Waals surface area contributed by atoms with E-state index < -0.39 is 0 Å². The van der Waals surface area contributed by atoms with Gasteiger partial charge in [-0.25, -0.2) is 0 Å². The number of nitrogens with zero attached hydrogens (tertiary/aromatic N) is 2. The number of carbonyl (C=O) groups is 1. The van der Waals surface area contributed by atoms with Crippen molar-refractivity contribution in [3.05, 3.63) is 41.3 Å². The Labute approximate surface area is 129 Å². The summed E-state index contributed by atoms with van der Waals surface area (Å²) >= 11 is 0. The van der Waals surface area contributed by atoms with Gasteiger partial charge in [0, 0.05) is 42.8 Å². The highest BCUT2D eigenvalue weighted by atomic mass is 16.5. The van der Waals surface area contributed by atoms with E-state index in [1.54, 1.807) is 6.20 Å². The highest BCUT2D eigenvalue weighted by Crippen LogP contribution is 2.26. The molecule has 0 spiro atoms. The number of pyridine rings is 1. The third-order valence-corrected chi connectivity index (χ3v) is 3.86. The van der Waals surface area contributed by atoms with Crippen molar-refractivity contribution in [3.63, 3.8) is 0 Å². The Morgan fingerprint density at radius 2 is 2.23 bits per heavy atom. The molecular weight excluding hydrogens is 280 g/mol. The predicted octanol–water partition coefficient (Wildman–Crippen LogP) is 2.19. The van der Waals surface area contributed by atoms with Crippen molar-refractivity contribution < 1.29 is 9.53 Å². The average Bonchev–Trinajstić information content (AvgIpc) is 2.99. The van der Waals surface area contributed by atoms with Crippen LogP contribution in [0.25, 0.3) is 0 Å². The second-order valence-electron chi connectivity index (χ2n) is 5.63. The quantitative estimate of drug-likeness (QED) is 0.907. The molecule has 1 fully saturated rings. The monoisotopic (exact) mass is 300 g/mol. The molecule has 2 N–H and O–H groups in total. The van der Waals surface area contributed by atoms with Crippen molar-refractivity contribution in [2.45, 2.75) is 32.1 Å². The smallest absolute Gasteiger partial charge is 0.230 e. The Morgan fingerprint density at radius 3 is 2.95 bits per heavy atom. The number of anilines is 1. The second-order valence-corrected chi connectivity index (χ2v) is 5.63. The van der Waals surface area contributed by atoms with E-state index in [1.165, 1.54) is 0 Å². The van der Waals surface area contributed by atoms with E-state index in [-0.39, 0.29) is 5.91 Å². The minimum Gasteiger partial charge on any atom is -0.381 e. The zero-order chi connectivity index (χ0) is 15.4. The zero-order valence-corrected chi connectivity index (χ0v) is 12.6. The number of rotatable bonds is 4. The molecule has 2 aromatic heterocycles. The van der Waals surface area contributed by atoms with Crippen LogP contribution in [0, 0.1) is 6.92 Å². The molecule has 1 amide bonds. The first kappa shape index (κ1) is 14.7. The summed E-state index contributed by atoms with van der Waals surface area (Å²) in [5.41, 5.74) is 2.90. The average molecular weight is 300 g/mol. The van der Waals surface area contributed by atoms with Gasteiger partial charge in [0.25, 0.3) is 0 Å². The van der Waals surface area contributed by atoms with Gasteiger partial charge in [0.2, 0.25) is 5.91 Å². The third-order valence-electron chi connectivity index (χ3n) is 3.86. The van der Waals surface area contributed by atoms with Crippen molar-refractivity contribution >= 4 is 11.7 Å². The number of aromatic amines is 1. The van der Waals surface area contributed by atoms with Crippen LogP contribution in [0.2, 0.25) is 0 Å². The van der Waals surface area contributed by atoms with Crippen molar-refractivity contribution in [2.24, 2.45) is 0 Å². The highest BCUT2D eigenvalue weighted by Gasteiger charge is 2.18. The topological polar surface area (TPSA) is 79.9 Å². The van der Waals surface area contributed by atoms with E-state index in [4.69, 9.17) is 4.74 Å². The summed E-state index contributed by atoms with van der Waals surface area (Å²) in [5.74, 6) is 0.926. The van der Waals surface area contributed by atoms with E-state index in [2.05, 4.69) is 20.5 Å². The lowest BCUT2D eigenvalue weighted by molar-refractivity contribution is -0.115. The van der Waals surface area contributed by atoms with Crippen LogP contribution in [0.1, 0.15) is 35.7 Å². The van der Waals surface area contributed by atoms with Gasteiger partial charge in [-0.15, -0.1) is 0 Å². The molecule has 0 aliphatic carbocycles. The maximum atomic E-state index is 12.0. The molecule has 1 saturated heterocycles. The number of nitrogens with one attached hydrogen (secondary N) is 2. The number of carbonyl (C=O) groups excluding carboxylic acids is 1. The minimum absolute atomic E-state index is 0.0873. The molecule has 1 aliphatic heterocycles. The van der Waals surface area contributed by atoms with Crippen LogP contribution in [-0.2, 0) is 16.0 Å². The van der Waals surface area contributed by atoms with Crippen LogP contribution in [0.15, 0.2) is 24.4 Å². The molecule has 0 bridgehead atoms. The van der Waals surface area contributed by atoms with Crippen molar-refractivity contribution in [2.75, 3.05) is 18.5 Å². The van der Waals surface area contributed by atoms with Gasteiger partial charge < -0.3 is 10.1 Å². The van der Waals surface area contributed by atoms with Crippen LogP contribution in [-0.4, -0.2) is 34.3 Å². The predicted molar refractivity (Wildman–Crippen MR) is 82.7 cm³/mol. The molecule has 6 nitrogen and oxygen atoms in total. The van der Waals surface area contributed by atoms with Crippen LogP contribution in [0.3, 0.4) is 0 Å². The lowest BCUT2D eigenvalue weighted by Crippen LogP contribution is -2.15. The highest BCUT2D eigenvalue weighted by molar-refractivity contribution is 5.91. The van der Waals surface area contributed by atoms with Crippen molar-refractivity contribution in [1.29, 1.82) is 0 Å². The third kappa shape index (κ3) is 3.71. The summed E-state index contributed by atoms with van der Waals surface area (Å²) in [4.78, 5) is 16.2. The lowest BCUT2D eigenvalue weighted by atomic mass is 9.97. The van der Waals surface area contributed by atoms with Crippen LogP contribution < -0.4 is 5.32 Å². The Morgan fingerprint density at radius 1 is 1.41 bits per heavy atom. The molecule has 6 heteroatoms. The summed E-state index contributed by atoms with van der Waals surface area (Å²) in [5, 5.41) is 10.0. The van der Waals surface area contributed by atoms with Crippen molar-refractivity contribution in [1.82, 2.24) is 15.2 Å². The molecule has 3 heterocycles. The molecule has 116 valence electrons. The molecule has 0 saturated carbocycles. The van der Waals surface area contributed by atoms with Gasteiger partial charge in [0.1, 0.15) is 0 Å². The largest absolute Gasteiger partial charge is 0.381 e. The van der Waals surface area contributed by atoms with Gasteiger partial charge in [0.05, 0.1) is 6.42 Å². The van der Waals surface area contributed by atoms with Gasteiger partial charge >= 0.3 is 0 Å². The number of amides is 1. The summed E-state index contributed by atoms with van der Waals surface area (Å²) < 4.78 is 5.36. The SMILES string of the molecule is Cc1ccc(CC(=O)Nc2cc(C3CCOCC3)[nH]n2)cn1. The molecule has 1 aliphatic rings. The Hall–Kier alpha value is -2.21. The van der Waals surface area contributed by atoms with E-state index in [0.29, 0.717) is 18.2 Å². The first-order chi connectivity index (χ1) is 10.7. The maximum Gasteiger partial charge on any atom is 0.230 e. The molecular formula is C16H20N4O2. The maximum absolute atomic E-state index is 12.0. The molecule has 2 aromatic rings. The normalized spacial score (nSPS) is 15.7. The van der Waals surface area contributed by atoms with E-state index >= 15 is 0 Å². The van der Waals surface area contributed by atoms with E-state index in [0.717, 1.165) is 43.0 Å². The lowest BCUT2D eigenvalue weighted by Gasteiger charge is -2.20. The second kappa shape index (κ2) is 6.70. The van der Waals surface area contributed by atoms with Gasteiger partial charge in [-0.3, -0.25) is 14.9 Å². The molecule has 0 atom stereocenters. The summed E-state index contributed by atoms with van der Waals surface area (Å²) in [6, 6.07) is 5.74. The first-order valence-corrected chi connectivity index (χ1v) is 7.55. The standard InChI is InChI=1S/C16H20N4O2/c1-11-2-3-12(10-17-11)8-16(21)18-15-9-14(19-20-15)13-4-6-22-7-5-13/h2-3,9-10,13H,4-8H2,1H3,(H2,18,19,20,21). The van der Waals surface area contributed by atoms with Gasteiger partial charge in [-0.1, -0.05) is 6.07 Å².